The fraction of sp³-hybridized carbons (Fsp3) is 0.269. The molecule has 0 radical (unpaired) electrons. The van der Waals surface area contributed by atoms with Crippen molar-refractivity contribution in [1.29, 1.82) is 0 Å². The molecule has 0 spiro atoms. The van der Waals surface area contributed by atoms with Gasteiger partial charge in [0.1, 0.15) is 5.75 Å². The van der Waals surface area contributed by atoms with Crippen LogP contribution in [-0.2, 0) is 11.3 Å². The van der Waals surface area contributed by atoms with Gasteiger partial charge in [0.2, 0.25) is 5.91 Å². The van der Waals surface area contributed by atoms with Gasteiger partial charge in [0.15, 0.2) is 0 Å². The van der Waals surface area contributed by atoms with Gasteiger partial charge in [-0.3, -0.25) is 19.5 Å². The number of aromatic nitrogens is 1. The van der Waals surface area contributed by atoms with Crippen molar-refractivity contribution in [2.75, 3.05) is 44.4 Å². The standard InChI is InChI=1S/C26H28N4O3S/c1-33-22-6-4-5-21(17-22)28-25(31)19-34-24-8-3-2-7-23(24)26(32)30-15-13-29(14-16-30)18-20-9-11-27-12-10-20/h2-12,17H,13-16,18-19H2,1H3,(H,28,31). The van der Waals surface area contributed by atoms with E-state index >= 15 is 0 Å². The Kier molecular flexibility index (Phi) is 8.17. The molecule has 1 N–H and O–H groups in total. The molecular weight excluding hydrogens is 448 g/mol. The maximum atomic E-state index is 13.3. The minimum absolute atomic E-state index is 0.0138. The molecule has 2 amide bonds. The van der Waals surface area contributed by atoms with E-state index in [-0.39, 0.29) is 17.6 Å². The second-order valence-corrected chi connectivity index (χ2v) is 9.01. The molecule has 2 aromatic carbocycles. The fourth-order valence-corrected chi connectivity index (χ4v) is 4.68. The molecule has 1 aliphatic heterocycles. The summed E-state index contributed by atoms with van der Waals surface area (Å²) in [5.41, 5.74) is 2.55. The third-order valence-corrected chi connectivity index (χ3v) is 6.72. The number of hydrogen-bond donors (Lipinski definition) is 1. The number of piperazine rings is 1. The summed E-state index contributed by atoms with van der Waals surface area (Å²) >= 11 is 1.37. The molecule has 1 saturated heterocycles. The minimum atomic E-state index is -0.134. The summed E-state index contributed by atoms with van der Waals surface area (Å²) in [6.45, 7) is 3.87. The maximum Gasteiger partial charge on any atom is 0.255 e. The van der Waals surface area contributed by atoms with Crippen LogP contribution < -0.4 is 10.1 Å². The first-order valence-corrected chi connectivity index (χ1v) is 12.2. The van der Waals surface area contributed by atoms with E-state index < -0.39 is 0 Å². The molecule has 8 heteroatoms. The van der Waals surface area contributed by atoms with Crippen LogP contribution in [0.1, 0.15) is 15.9 Å². The zero-order chi connectivity index (χ0) is 23.8. The highest BCUT2D eigenvalue weighted by molar-refractivity contribution is 8.00. The van der Waals surface area contributed by atoms with Gasteiger partial charge in [0.05, 0.1) is 18.4 Å². The summed E-state index contributed by atoms with van der Waals surface area (Å²) in [6, 6.07) is 18.8. The smallest absolute Gasteiger partial charge is 0.255 e. The maximum absolute atomic E-state index is 13.3. The molecule has 0 unspecified atom stereocenters. The van der Waals surface area contributed by atoms with Gasteiger partial charge in [0.25, 0.3) is 5.91 Å². The first kappa shape index (κ1) is 23.8. The highest BCUT2D eigenvalue weighted by atomic mass is 32.2. The first-order valence-electron chi connectivity index (χ1n) is 11.2. The first-order chi connectivity index (χ1) is 16.6. The van der Waals surface area contributed by atoms with Crippen LogP contribution in [0.4, 0.5) is 5.69 Å². The number of pyridine rings is 1. The summed E-state index contributed by atoms with van der Waals surface area (Å²) in [6.07, 6.45) is 3.61. The molecule has 1 aliphatic rings. The normalized spacial score (nSPS) is 14.0. The van der Waals surface area contributed by atoms with E-state index in [0.29, 0.717) is 30.1 Å². The lowest BCUT2D eigenvalue weighted by molar-refractivity contribution is -0.113. The number of nitrogens with one attached hydrogen (secondary N) is 1. The third kappa shape index (κ3) is 6.36. The SMILES string of the molecule is COc1cccc(NC(=O)CSc2ccccc2C(=O)N2CCN(Cc3ccncc3)CC2)c1. The number of carbonyl (C=O) groups excluding carboxylic acids is 2. The molecule has 176 valence electrons. The Morgan fingerprint density at radius 3 is 2.53 bits per heavy atom. The van der Waals surface area contributed by atoms with Crippen LogP contribution >= 0.6 is 11.8 Å². The summed E-state index contributed by atoms with van der Waals surface area (Å²) in [5.74, 6) is 0.772. The number of rotatable bonds is 8. The lowest BCUT2D eigenvalue weighted by Crippen LogP contribution is -2.48. The zero-order valence-electron chi connectivity index (χ0n) is 19.1. The Hall–Kier alpha value is -3.36. The van der Waals surface area contributed by atoms with Gasteiger partial charge in [-0.2, -0.15) is 0 Å². The lowest BCUT2D eigenvalue weighted by atomic mass is 10.1. The van der Waals surface area contributed by atoms with Crippen molar-refractivity contribution >= 4 is 29.3 Å². The molecular formula is C26H28N4O3S. The molecule has 3 aromatic rings. The van der Waals surface area contributed by atoms with Gasteiger partial charge in [-0.25, -0.2) is 0 Å². The van der Waals surface area contributed by atoms with Crippen molar-refractivity contribution in [2.24, 2.45) is 0 Å². The van der Waals surface area contributed by atoms with Crippen molar-refractivity contribution < 1.29 is 14.3 Å². The molecule has 34 heavy (non-hydrogen) atoms. The number of amides is 2. The van der Waals surface area contributed by atoms with Crippen LogP contribution in [0.15, 0.2) is 78.0 Å². The molecule has 0 aliphatic carbocycles. The Bertz CT molecular complexity index is 1120. The molecule has 0 atom stereocenters. The van der Waals surface area contributed by atoms with Crippen molar-refractivity contribution in [3.63, 3.8) is 0 Å². The summed E-state index contributed by atoms with van der Waals surface area (Å²) < 4.78 is 5.20. The number of ether oxygens (including phenoxy) is 1. The van der Waals surface area contributed by atoms with Gasteiger partial charge >= 0.3 is 0 Å². The number of nitrogens with zero attached hydrogens (tertiary/aromatic N) is 3. The number of carbonyl (C=O) groups is 2. The second-order valence-electron chi connectivity index (χ2n) is 7.99. The predicted molar refractivity (Wildman–Crippen MR) is 134 cm³/mol. The minimum Gasteiger partial charge on any atom is -0.497 e. The summed E-state index contributed by atoms with van der Waals surface area (Å²) in [5, 5.41) is 2.88. The Morgan fingerprint density at radius 1 is 1.00 bits per heavy atom. The van der Waals surface area contributed by atoms with E-state index in [1.165, 1.54) is 17.3 Å². The Morgan fingerprint density at radius 2 is 1.76 bits per heavy atom. The zero-order valence-corrected chi connectivity index (χ0v) is 20.0. The van der Waals surface area contributed by atoms with Gasteiger partial charge in [0, 0.05) is 61.8 Å². The van der Waals surface area contributed by atoms with Gasteiger partial charge in [-0.05, 0) is 42.0 Å². The Labute approximate surface area is 204 Å². The number of benzene rings is 2. The van der Waals surface area contributed by atoms with E-state index in [4.69, 9.17) is 4.74 Å². The third-order valence-electron chi connectivity index (χ3n) is 5.64. The number of methoxy groups -OCH3 is 1. The average molecular weight is 477 g/mol. The average Bonchev–Trinajstić information content (AvgIpc) is 2.88. The largest absolute Gasteiger partial charge is 0.497 e. The van der Waals surface area contributed by atoms with Crippen LogP contribution in [0.3, 0.4) is 0 Å². The topological polar surface area (TPSA) is 74.8 Å². The molecule has 0 saturated carbocycles. The molecule has 4 rings (SSSR count). The number of anilines is 1. The van der Waals surface area contributed by atoms with Crippen molar-refractivity contribution in [2.45, 2.75) is 11.4 Å². The van der Waals surface area contributed by atoms with Crippen LogP contribution in [0.5, 0.6) is 5.75 Å². The van der Waals surface area contributed by atoms with Crippen molar-refractivity contribution in [3.05, 3.63) is 84.2 Å². The van der Waals surface area contributed by atoms with E-state index in [0.717, 1.165) is 24.5 Å². The fourth-order valence-electron chi connectivity index (χ4n) is 3.84. The van der Waals surface area contributed by atoms with Gasteiger partial charge in [-0.1, -0.05) is 18.2 Å². The monoisotopic (exact) mass is 476 g/mol. The molecule has 1 aromatic heterocycles. The van der Waals surface area contributed by atoms with E-state index in [9.17, 15) is 9.59 Å². The van der Waals surface area contributed by atoms with Crippen LogP contribution in [-0.4, -0.2) is 65.6 Å². The van der Waals surface area contributed by atoms with Crippen molar-refractivity contribution in [1.82, 2.24) is 14.8 Å². The second kappa shape index (κ2) is 11.7. The van der Waals surface area contributed by atoms with E-state index in [1.54, 1.807) is 25.6 Å². The quantitative estimate of drug-likeness (QED) is 0.499. The summed E-state index contributed by atoms with van der Waals surface area (Å²) in [4.78, 5) is 34.9. The summed E-state index contributed by atoms with van der Waals surface area (Å²) in [7, 11) is 1.59. The highest BCUT2D eigenvalue weighted by Crippen LogP contribution is 2.25. The van der Waals surface area contributed by atoms with Gasteiger partial charge in [-0.15, -0.1) is 11.8 Å². The van der Waals surface area contributed by atoms with Crippen molar-refractivity contribution in [3.8, 4) is 5.75 Å². The molecule has 7 nitrogen and oxygen atoms in total. The van der Waals surface area contributed by atoms with E-state index in [2.05, 4.69) is 15.2 Å². The van der Waals surface area contributed by atoms with Crippen LogP contribution in [0.2, 0.25) is 0 Å². The van der Waals surface area contributed by atoms with Gasteiger partial charge < -0.3 is 15.0 Å². The van der Waals surface area contributed by atoms with Crippen LogP contribution in [0.25, 0.3) is 0 Å². The number of hydrogen-bond acceptors (Lipinski definition) is 6. The lowest BCUT2D eigenvalue weighted by Gasteiger charge is -2.35. The molecule has 1 fully saturated rings. The van der Waals surface area contributed by atoms with E-state index in [1.807, 2.05) is 59.5 Å². The Balaban J connectivity index is 1.32. The molecule has 2 heterocycles. The highest BCUT2D eigenvalue weighted by Gasteiger charge is 2.24. The van der Waals surface area contributed by atoms with Crippen LogP contribution in [0, 0.1) is 0 Å². The predicted octanol–water partition coefficient (Wildman–Crippen LogP) is 3.78. The molecule has 0 bridgehead atoms. The number of thioether (sulfide) groups is 1.